The number of hydrogen-bond acceptors (Lipinski definition) is 4. The number of nitrogens with zero attached hydrogens (tertiary/aromatic N) is 2. The molecule has 22 heavy (non-hydrogen) atoms. The van der Waals surface area contributed by atoms with Crippen LogP contribution in [0.25, 0.3) is 0 Å². The number of hydrogen-bond donors (Lipinski definition) is 2. The van der Waals surface area contributed by atoms with E-state index in [1.807, 2.05) is 26.0 Å². The van der Waals surface area contributed by atoms with Crippen molar-refractivity contribution in [3.8, 4) is 0 Å². The quantitative estimate of drug-likeness (QED) is 0.349. The summed E-state index contributed by atoms with van der Waals surface area (Å²) in [5, 5.41) is 7.52. The van der Waals surface area contributed by atoms with Gasteiger partial charge in [-0.25, -0.2) is 10.9 Å². The van der Waals surface area contributed by atoms with E-state index in [-0.39, 0.29) is 11.8 Å². The van der Waals surface area contributed by atoms with Crippen molar-refractivity contribution in [1.82, 2.24) is 10.9 Å². The van der Waals surface area contributed by atoms with Crippen LogP contribution >= 0.6 is 0 Å². The van der Waals surface area contributed by atoms with Crippen molar-refractivity contribution in [3.63, 3.8) is 0 Å². The van der Waals surface area contributed by atoms with Crippen molar-refractivity contribution in [2.24, 2.45) is 10.2 Å². The SMILES string of the molecule is CC=CC=NNC(=O)CCCCCCC(=O)NN=CC=CC. The third kappa shape index (κ3) is 14.2. The fourth-order valence-electron chi connectivity index (χ4n) is 1.51. The Balaban J connectivity index is 3.49. The van der Waals surface area contributed by atoms with E-state index in [1.54, 1.807) is 12.2 Å². The van der Waals surface area contributed by atoms with Crippen molar-refractivity contribution in [2.45, 2.75) is 52.4 Å². The van der Waals surface area contributed by atoms with Gasteiger partial charge in [0.25, 0.3) is 0 Å². The lowest BCUT2D eigenvalue weighted by molar-refractivity contribution is -0.122. The van der Waals surface area contributed by atoms with Crippen LogP contribution in [0.4, 0.5) is 0 Å². The van der Waals surface area contributed by atoms with Gasteiger partial charge >= 0.3 is 0 Å². The highest BCUT2D eigenvalue weighted by Gasteiger charge is 2.01. The van der Waals surface area contributed by atoms with E-state index >= 15 is 0 Å². The second-order valence-electron chi connectivity index (χ2n) is 4.59. The molecule has 0 aromatic rings. The first-order chi connectivity index (χ1) is 10.7. The molecule has 0 atom stereocenters. The molecule has 0 radical (unpaired) electrons. The van der Waals surface area contributed by atoms with E-state index in [4.69, 9.17) is 0 Å². The molecule has 0 spiro atoms. The zero-order valence-corrected chi connectivity index (χ0v) is 13.4. The predicted molar refractivity (Wildman–Crippen MR) is 90.6 cm³/mol. The Hall–Kier alpha value is -2.24. The highest BCUT2D eigenvalue weighted by molar-refractivity contribution is 5.79. The van der Waals surface area contributed by atoms with Crippen molar-refractivity contribution in [3.05, 3.63) is 24.3 Å². The van der Waals surface area contributed by atoms with Crippen LogP contribution in [0.3, 0.4) is 0 Å². The van der Waals surface area contributed by atoms with E-state index in [1.165, 1.54) is 12.4 Å². The number of carbonyl (C=O) groups excluding carboxylic acids is 2. The Morgan fingerprint density at radius 1 is 0.773 bits per heavy atom. The Kier molecular flexibility index (Phi) is 13.6. The van der Waals surface area contributed by atoms with E-state index in [0.29, 0.717) is 12.8 Å². The summed E-state index contributed by atoms with van der Waals surface area (Å²) in [6.45, 7) is 3.76. The fourth-order valence-corrected chi connectivity index (χ4v) is 1.51. The van der Waals surface area contributed by atoms with Crippen LogP contribution < -0.4 is 10.9 Å². The average Bonchev–Trinajstić information content (AvgIpc) is 2.51. The van der Waals surface area contributed by atoms with Crippen LogP contribution in [0.1, 0.15) is 52.4 Å². The third-order valence-electron chi connectivity index (χ3n) is 2.64. The number of unbranched alkanes of at least 4 members (excludes halogenated alkanes) is 3. The molecule has 2 amide bonds. The molecule has 2 N–H and O–H groups in total. The zero-order chi connectivity index (χ0) is 16.5. The number of allylic oxidation sites excluding steroid dienone is 4. The van der Waals surface area contributed by atoms with Crippen molar-refractivity contribution in [1.29, 1.82) is 0 Å². The summed E-state index contributed by atoms with van der Waals surface area (Å²) in [5.74, 6) is -0.173. The number of hydrazone groups is 2. The molecule has 0 aromatic carbocycles. The van der Waals surface area contributed by atoms with Gasteiger partial charge in [0.2, 0.25) is 11.8 Å². The molecular formula is C16H26N4O2. The van der Waals surface area contributed by atoms with E-state index in [0.717, 1.165) is 25.7 Å². The molecule has 6 heteroatoms. The van der Waals surface area contributed by atoms with Crippen LogP contribution in [-0.2, 0) is 9.59 Å². The summed E-state index contributed by atoms with van der Waals surface area (Å²) < 4.78 is 0. The van der Waals surface area contributed by atoms with Gasteiger partial charge in [-0.3, -0.25) is 9.59 Å². The summed E-state index contributed by atoms with van der Waals surface area (Å²) >= 11 is 0. The first-order valence-electron chi connectivity index (χ1n) is 7.57. The number of amides is 2. The highest BCUT2D eigenvalue weighted by atomic mass is 16.2. The normalized spacial score (nSPS) is 11.9. The smallest absolute Gasteiger partial charge is 0.240 e. The lowest BCUT2D eigenvalue weighted by Gasteiger charge is -2.01. The number of carbonyl (C=O) groups is 2. The molecule has 0 heterocycles. The number of nitrogens with one attached hydrogen (secondary N) is 2. The van der Waals surface area contributed by atoms with Crippen molar-refractivity contribution >= 4 is 24.2 Å². The minimum atomic E-state index is -0.0863. The highest BCUT2D eigenvalue weighted by Crippen LogP contribution is 2.05. The molecule has 0 aliphatic rings. The molecule has 0 aliphatic carbocycles. The standard InChI is InChI=1S/C16H26N4O2/c1-3-5-13-17-19-15(21)11-9-7-8-10-12-16(22)20-18-14-6-4-2/h3-6,13-14H,7-12H2,1-2H3,(H,19,21)(H,20,22). The zero-order valence-electron chi connectivity index (χ0n) is 13.4. The van der Waals surface area contributed by atoms with Gasteiger partial charge in [-0.2, -0.15) is 10.2 Å². The maximum absolute atomic E-state index is 11.4. The number of rotatable bonds is 11. The molecule has 0 rings (SSSR count). The summed E-state index contributed by atoms with van der Waals surface area (Å²) in [5.41, 5.74) is 4.91. The van der Waals surface area contributed by atoms with Gasteiger partial charge in [-0.1, -0.05) is 25.0 Å². The molecule has 122 valence electrons. The molecule has 0 fully saturated rings. The fraction of sp³-hybridized carbons (Fsp3) is 0.500. The third-order valence-corrected chi connectivity index (χ3v) is 2.64. The van der Waals surface area contributed by atoms with Crippen LogP contribution in [0.15, 0.2) is 34.5 Å². The van der Waals surface area contributed by atoms with E-state index in [2.05, 4.69) is 21.1 Å². The minimum Gasteiger partial charge on any atom is -0.273 e. The minimum absolute atomic E-state index is 0.0863. The molecular weight excluding hydrogens is 280 g/mol. The summed E-state index contributed by atoms with van der Waals surface area (Å²) in [6.07, 6.45) is 14.6. The van der Waals surface area contributed by atoms with Gasteiger partial charge in [-0.05, 0) is 38.8 Å². The molecule has 0 aliphatic heterocycles. The Bertz CT molecular complexity index is 386. The first-order valence-corrected chi connectivity index (χ1v) is 7.57. The predicted octanol–water partition coefficient (Wildman–Crippen LogP) is 2.68. The lowest BCUT2D eigenvalue weighted by atomic mass is 10.1. The summed E-state index contributed by atoms with van der Waals surface area (Å²) in [6, 6.07) is 0. The molecule has 0 saturated carbocycles. The van der Waals surface area contributed by atoms with Gasteiger partial charge < -0.3 is 0 Å². The molecule has 0 aromatic heterocycles. The van der Waals surface area contributed by atoms with Gasteiger partial charge in [-0.15, -0.1) is 0 Å². The lowest BCUT2D eigenvalue weighted by Crippen LogP contribution is -2.17. The maximum Gasteiger partial charge on any atom is 0.240 e. The van der Waals surface area contributed by atoms with Crippen LogP contribution in [0.2, 0.25) is 0 Å². The molecule has 6 nitrogen and oxygen atoms in total. The summed E-state index contributed by atoms with van der Waals surface area (Å²) in [4.78, 5) is 22.8. The van der Waals surface area contributed by atoms with Crippen LogP contribution in [-0.4, -0.2) is 24.2 Å². The first kappa shape index (κ1) is 19.8. The topological polar surface area (TPSA) is 82.9 Å². The Morgan fingerprint density at radius 2 is 1.18 bits per heavy atom. The monoisotopic (exact) mass is 306 g/mol. The molecule has 0 unspecified atom stereocenters. The second kappa shape index (κ2) is 15.2. The average molecular weight is 306 g/mol. The van der Waals surface area contributed by atoms with E-state index in [9.17, 15) is 9.59 Å². The van der Waals surface area contributed by atoms with Crippen molar-refractivity contribution in [2.75, 3.05) is 0 Å². The van der Waals surface area contributed by atoms with Gasteiger partial charge in [0.1, 0.15) is 0 Å². The summed E-state index contributed by atoms with van der Waals surface area (Å²) in [7, 11) is 0. The van der Waals surface area contributed by atoms with Gasteiger partial charge in [0.05, 0.1) is 0 Å². The van der Waals surface area contributed by atoms with Gasteiger partial charge in [0, 0.05) is 25.3 Å². The van der Waals surface area contributed by atoms with Gasteiger partial charge in [0.15, 0.2) is 0 Å². The second-order valence-corrected chi connectivity index (χ2v) is 4.59. The van der Waals surface area contributed by atoms with Crippen LogP contribution in [0.5, 0.6) is 0 Å². The largest absolute Gasteiger partial charge is 0.273 e. The van der Waals surface area contributed by atoms with E-state index < -0.39 is 0 Å². The molecule has 0 bridgehead atoms. The Labute approximate surface area is 132 Å². The van der Waals surface area contributed by atoms with Crippen molar-refractivity contribution < 1.29 is 9.59 Å². The van der Waals surface area contributed by atoms with Crippen LogP contribution in [0, 0.1) is 0 Å². The maximum atomic E-state index is 11.4. The molecule has 0 saturated heterocycles. The Morgan fingerprint density at radius 3 is 1.55 bits per heavy atom.